The maximum atomic E-state index is 12.5. The van der Waals surface area contributed by atoms with Crippen LogP contribution in [0.5, 0.6) is 0 Å². The van der Waals surface area contributed by atoms with Crippen LogP contribution >= 0.6 is 0 Å². The standard InChI is InChI=1S/2C13H16N2O3S/c2*1-9(2)8-11-12(13(16)15-14-11)19(17,18)10-6-4-3-5-7-10/h2*3-7,9H,8H2,1-2H3,(H2,14,15,16). The highest BCUT2D eigenvalue weighted by Gasteiger charge is 2.27. The number of hydrogen-bond donors (Lipinski definition) is 4. The highest BCUT2D eigenvalue weighted by molar-refractivity contribution is 7.91. The highest BCUT2D eigenvalue weighted by atomic mass is 32.2. The minimum Gasteiger partial charge on any atom is -0.301 e. The van der Waals surface area contributed by atoms with Crippen LogP contribution in [0.2, 0.25) is 0 Å². The van der Waals surface area contributed by atoms with Gasteiger partial charge >= 0.3 is 0 Å². The maximum Gasteiger partial charge on any atom is 0.283 e. The van der Waals surface area contributed by atoms with E-state index >= 15 is 0 Å². The maximum absolute atomic E-state index is 12.5. The van der Waals surface area contributed by atoms with Crippen LogP contribution in [0, 0.1) is 11.8 Å². The van der Waals surface area contributed by atoms with Gasteiger partial charge in [0, 0.05) is 0 Å². The van der Waals surface area contributed by atoms with Crippen LogP contribution in [-0.2, 0) is 32.5 Å². The Morgan fingerprint density at radius 1 is 0.553 bits per heavy atom. The molecule has 10 nitrogen and oxygen atoms in total. The van der Waals surface area contributed by atoms with E-state index in [9.17, 15) is 26.4 Å². The molecule has 0 aliphatic heterocycles. The molecule has 4 aromatic rings. The number of hydrogen-bond acceptors (Lipinski definition) is 6. The zero-order valence-electron chi connectivity index (χ0n) is 21.6. The van der Waals surface area contributed by atoms with Gasteiger partial charge in [0.2, 0.25) is 19.7 Å². The van der Waals surface area contributed by atoms with Gasteiger partial charge in [-0.1, -0.05) is 64.1 Å². The summed E-state index contributed by atoms with van der Waals surface area (Å²) in [5.74, 6) is 0.493. The van der Waals surface area contributed by atoms with E-state index in [1.807, 2.05) is 27.7 Å². The van der Waals surface area contributed by atoms with Crippen LogP contribution in [0.3, 0.4) is 0 Å². The van der Waals surface area contributed by atoms with Gasteiger partial charge in [0.15, 0.2) is 9.79 Å². The van der Waals surface area contributed by atoms with Crippen molar-refractivity contribution in [2.45, 2.75) is 60.1 Å². The van der Waals surface area contributed by atoms with E-state index in [1.54, 1.807) is 36.4 Å². The third-order valence-electron chi connectivity index (χ3n) is 5.48. The zero-order chi connectivity index (χ0) is 28.1. The number of nitrogens with one attached hydrogen (secondary N) is 4. The quantitative estimate of drug-likeness (QED) is 0.258. The molecule has 38 heavy (non-hydrogen) atoms. The van der Waals surface area contributed by atoms with E-state index in [4.69, 9.17) is 0 Å². The first-order valence-electron chi connectivity index (χ1n) is 12.0. The number of H-pyrrole nitrogens is 4. The molecule has 0 fully saturated rings. The van der Waals surface area contributed by atoms with Gasteiger partial charge in [-0.2, -0.15) is 0 Å². The Morgan fingerprint density at radius 2 is 0.868 bits per heavy atom. The number of benzene rings is 2. The van der Waals surface area contributed by atoms with E-state index < -0.39 is 30.8 Å². The van der Waals surface area contributed by atoms with Gasteiger partial charge in [0.05, 0.1) is 21.2 Å². The van der Waals surface area contributed by atoms with E-state index in [1.165, 1.54) is 24.3 Å². The Hall–Kier alpha value is -3.64. The molecule has 0 amide bonds. The van der Waals surface area contributed by atoms with Crippen molar-refractivity contribution in [2.75, 3.05) is 0 Å². The number of aromatic amines is 4. The van der Waals surface area contributed by atoms with Crippen molar-refractivity contribution in [2.24, 2.45) is 11.8 Å². The van der Waals surface area contributed by atoms with Crippen LogP contribution < -0.4 is 11.1 Å². The summed E-state index contributed by atoms with van der Waals surface area (Å²) in [6.45, 7) is 7.85. The third-order valence-corrected chi connectivity index (χ3v) is 9.21. The molecule has 2 aromatic heterocycles. The van der Waals surface area contributed by atoms with Crippen molar-refractivity contribution in [3.63, 3.8) is 0 Å². The Bertz CT molecular complexity index is 1550. The average Bonchev–Trinajstić information content (AvgIpc) is 3.42. The molecule has 4 rings (SSSR count). The molecule has 0 bridgehead atoms. The number of aromatic nitrogens is 4. The predicted octanol–water partition coefficient (Wildman–Crippen LogP) is 3.47. The zero-order valence-corrected chi connectivity index (χ0v) is 23.2. The van der Waals surface area contributed by atoms with E-state index in [-0.39, 0.29) is 31.4 Å². The number of rotatable bonds is 8. The average molecular weight is 561 g/mol. The molecule has 0 radical (unpaired) electrons. The molecule has 0 unspecified atom stereocenters. The first-order valence-corrected chi connectivity index (χ1v) is 15.0. The smallest absolute Gasteiger partial charge is 0.283 e. The van der Waals surface area contributed by atoms with E-state index in [2.05, 4.69) is 20.4 Å². The predicted molar refractivity (Wildman–Crippen MR) is 144 cm³/mol. The minimum absolute atomic E-state index is 0.130. The molecular formula is C26H32N4O6S2. The molecule has 4 N–H and O–H groups in total. The first-order chi connectivity index (χ1) is 17.9. The van der Waals surface area contributed by atoms with Gasteiger partial charge in [-0.05, 0) is 48.9 Å². The van der Waals surface area contributed by atoms with Crippen LogP contribution in [0.4, 0.5) is 0 Å². The van der Waals surface area contributed by atoms with Crippen molar-refractivity contribution < 1.29 is 16.8 Å². The van der Waals surface area contributed by atoms with Crippen LogP contribution in [-0.4, -0.2) is 37.2 Å². The fraction of sp³-hybridized carbons (Fsp3) is 0.308. The molecule has 0 aliphatic rings. The van der Waals surface area contributed by atoms with Gasteiger partial charge in [-0.25, -0.2) is 16.8 Å². The van der Waals surface area contributed by atoms with Crippen molar-refractivity contribution in [1.82, 2.24) is 20.4 Å². The summed E-state index contributed by atoms with van der Waals surface area (Å²) in [6.07, 6.45) is 1.00. The SMILES string of the molecule is CC(C)Cc1[nH][nH]c(=O)c1S(=O)(=O)c1ccccc1.CC(C)Cc1[nH][nH]c(=O)c1S(=O)(=O)c1ccccc1. The molecule has 0 saturated carbocycles. The van der Waals surface area contributed by atoms with Gasteiger partial charge in [-0.3, -0.25) is 19.8 Å². The summed E-state index contributed by atoms with van der Waals surface area (Å²) < 4.78 is 49.9. The topological polar surface area (TPSA) is 166 Å². The van der Waals surface area contributed by atoms with Crippen molar-refractivity contribution in [3.8, 4) is 0 Å². The summed E-state index contributed by atoms with van der Waals surface area (Å²) in [4.78, 5) is 23.5. The van der Waals surface area contributed by atoms with Gasteiger partial charge in [0.25, 0.3) is 11.1 Å². The molecule has 204 valence electrons. The van der Waals surface area contributed by atoms with Gasteiger partial charge in [-0.15, -0.1) is 0 Å². The molecule has 12 heteroatoms. The molecular weight excluding hydrogens is 528 g/mol. The van der Waals surface area contributed by atoms with E-state index in [0.29, 0.717) is 24.2 Å². The summed E-state index contributed by atoms with van der Waals surface area (Å²) in [6, 6.07) is 16.0. The van der Waals surface area contributed by atoms with Crippen LogP contribution in [0.15, 0.2) is 89.8 Å². The summed E-state index contributed by atoms with van der Waals surface area (Å²) in [7, 11) is -7.56. The Kier molecular flexibility index (Phi) is 9.00. The molecule has 0 spiro atoms. The molecule has 0 aliphatic carbocycles. The normalized spacial score (nSPS) is 11.9. The number of sulfone groups is 2. The van der Waals surface area contributed by atoms with Crippen LogP contribution in [0.25, 0.3) is 0 Å². The van der Waals surface area contributed by atoms with Crippen molar-refractivity contribution in [1.29, 1.82) is 0 Å². The van der Waals surface area contributed by atoms with Gasteiger partial charge in [0.1, 0.15) is 0 Å². The second kappa shape index (κ2) is 11.8. The van der Waals surface area contributed by atoms with E-state index in [0.717, 1.165) is 0 Å². The summed E-state index contributed by atoms with van der Waals surface area (Å²) >= 11 is 0. The first kappa shape index (κ1) is 28.9. The summed E-state index contributed by atoms with van der Waals surface area (Å²) in [5, 5.41) is 10.0. The lowest BCUT2D eigenvalue weighted by atomic mass is 10.1. The lowest BCUT2D eigenvalue weighted by Crippen LogP contribution is -2.15. The second-order valence-electron chi connectivity index (χ2n) is 9.60. The lowest BCUT2D eigenvalue weighted by Gasteiger charge is -2.06. The molecule has 2 aromatic carbocycles. The van der Waals surface area contributed by atoms with Crippen LogP contribution in [0.1, 0.15) is 39.1 Å². The van der Waals surface area contributed by atoms with Crippen molar-refractivity contribution >= 4 is 19.7 Å². The Labute approximate surface area is 221 Å². The molecule has 0 saturated heterocycles. The molecule has 2 heterocycles. The fourth-order valence-electron chi connectivity index (χ4n) is 3.87. The molecule has 0 atom stereocenters. The Balaban J connectivity index is 0.000000211. The summed E-state index contributed by atoms with van der Waals surface area (Å²) in [5.41, 5.74) is -0.327. The third kappa shape index (κ3) is 6.43. The van der Waals surface area contributed by atoms with Crippen molar-refractivity contribution in [3.05, 3.63) is 92.8 Å². The second-order valence-corrected chi connectivity index (χ2v) is 13.4. The fourth-order valence-corrected chi connectivity index (χ4v) is 6.88. The Morgan fingerprint density at radius 3 is 1.16 bits per heavy atom. The monoisotopic (exact) mass is 560 g/mol. The highest BCUT2D eigenvalue weighted by Crippen LogP contribution is 2.22. The largest absolute Gasteiger partial charge is 0.301 e. The van der Waals surface area contributed by atoms with Gasteiger partial charge < -0.3 is 10.2 Å². The minimum atomic E-state index is -3.78. The lowest BCUT2D eigenvalue weighted by molar-refractivity contribution is 0.586.